The first kappa shape index (κ1) is 24.3. The number of nitrogens with zero attached hydrogens (tertiary/aromatic N) is 2. The van der Waals surface area contributed by atoms with Crippen LogP contribution in [0.5, 0.6) is 5.75 Å². The molecule has 2 N–H and O–H groups in total. The van der Waals surface area contributed by atoms with Gasteiger partial charge in [-0.15, -0.1) is 11.3 Å². The zero-order valence-electron chi connectivity index (χ0n) is 19.6. The third-order valence-electron chi connectivity index (χ3n) is 5.27. The Kier molecular flexibility index (Phi) is 7.97. The van der Waals surface area contributed by atoms with Crippen molar-refractivity contribution in [1.82, 2.24) is 15.4 Å². The Hall–Kier alpha value is -3.88. The molecule has 35 heavy (non-hydrogen) atoms. The second-order valence-electron chi connectivity index (χ2n) is 7.63. The summed E-state index contributed by atoms with van der Waals surface area (Å²) >= 11 is 1.64. The molecule has 0 fully saturated rings. The van der Waals surface area contributed by atoms with Crippen LogP contribution in [0.3, 0.4) is 0 Å². The van der Waals surface area contributed by atoms with Crippen LogP contribution in [0.1, 0.15) is 29.5 Å². The molecule has 0 aliphatic carbocycles. The first-order chi connectivity index (χ1) is 17.1. The molecule has 4 aromatic rings. The van der Waals surface area contributed by atoms with Crippen LogP contribution in [-0.4, -0.2) is 34.9 Å². The molecule has 0 bridgehead atoms. The SMILES string of the molecule is CCC(=O)NC.ON1COC(c2ccccc2)=C1c1ccc(OCc2nc3ccccc3s2)cc1. The zero-order chi connectivity index (χ0) is 24.6. The number of hydrogen-bond acceptors (Lipinski definition) is 7. The lowest BCUT2D eigenvalue weighted by Crippen LogP contribution is -2.15. The Balaban J connectivity index is 0.000000431. The highest BCUT2D eigenvalue weighted by molar-refractivity contribution is 7.18. The van der Waals surface area contributed by atoms with Gasteiger partial charge in [0.05, 0.1) is 10.2 Å². The number of rotatable bonds is 6. The highest BCUT2D eigenvalue weighted by Gasteiger charge is 2.25. The summed E-state index contributed by atoms with van der Waals surface area (Å²) < 4.78 is 12.8. The van der Waals surface area contributed by atoms with Crippen LogP contribution >= 0.6 is 11.3 Å². The molecule has 0 saturated heterocycles. The first-order valence-corrected chi connectivity index (χ1v) is 12.1. The number of aromatic nitrogens is 1. The molecule has 5 rings (SSSR count). The topological polar surface area (TPSA) is 83.9 Å². The molecule has 0 radical (unpaired) electrons. The van der Waals surface area contributed by atoms with E-state index < -0.39 is 0 Å². The lowest BCUT2D eigenvalue weighted by atomic mass is 10.1. The largest absolute Gasteiger partial charge is 0.486 e. The maximum atomic E-state index is 10.3. The Labute approximate surface area is 208 Å². The van der Waals surface area contributed by atoms with Gasteiger partial charge in [-0.2, -0.15) is 0 Å². The smallest absolute Gasteiger partial charge is 0.219 e. The molecule has 7 nitrogen and oxygen atoms in total. The molecule has 1 amide bonds. The Morgan fingerprint density at radius 1 is 1.06 bits per heavy atom. The number of para-hydroxylation sites is 1. The third kappa shape index (κ3) is 5.98. The summed E-state index contributed by atoms with van der Waals surface area (Å²) in [6.07, 6.45) is 0.580. The molecule has 1 aliphatic rings. The molecule has 1 aromatic heterocycles. The molecular formula is C27H27N3O4S. The Morgan fingerprint density at radius 2 is 1.77 bits per heavy atom. The van der Waals surface area contributed by atoms with Gasteiger partial charge in [-0.05, 0) is 36.4 Å². The van der Waals surface area contributed by atoms with E-state index in [9.17, 15) is 10.0 Å². The van der Waals surface area contributed by atoms with Crippen LogP contribution in [0.25, 0.3) is 21.7 Å². The number of hydrogen-bond donors (Lipinski definition) is 2. The summed E-state index contributed by atoms with van der Waals surface area (Å²) in [5, 5.41) is 14.8. The van der Waals surface area contributed by atoms with E-state index in [2.05, 4.69) is 16.4 Å². The second-order valence-corrected chi connectivity index (χ2v) is 8.75. The predicted octanol–water partition coefficient (Wildman–Crippen LogP) is 5.52. The van der Waals surface area contributed by atoms with Crippen molar-refractivity contribution in [3.8, 4) is 5.75 Å². The van der Waals surface area contributed by atoms with Crippen molar-refractivity contribution in [3.05, 3.63) is 95.0 Å². The van der Waals surface area contributed by atoms with E-state index in [0.717, 1.165) is 37.2 Å². The van der Waals surface area contributed by atoms with Gasteiger partial charge in [0.15, 0.2) is 12.5 Å². The number of benzene rings is 3. The van der Waals surface area contributed by atoms with E-state index in [1.54, 1.807) is 18.4 Å². The van der Waals surface area contributed by atoms with Gasteiger partial charge in [-0.3, -0.25) is 10.0 Å². The fourth-order valence-electron chi connectivity index (χ4n) is 3.48. The number of ether oxygens (including phenoxy) is 2. The van der Waals surface area contributed by atoms with Gasteiger partial charge in [0.1, 0.15) is 23.1 Å². The summed E-state index contributed by atoms with van der Waals surface area (Å²) in [6, 6.07) is 25.5. The van der Waals surface area contributed by atoms with Crippen LogP contribution in [0, 0.1) is 0 Å². The monoisotopic (exact) mass is 489 g/mol. The van der Waals surface area contributed by atoms with Crippen molar-refractivity contribution in [2.24, 2.45) is 0 Å². The zero-order valence-corrected chi connectivity index (χ0v) is 20.4. The molecule has 180 valence electrons. The van der Waals surface area contributed by atoms with Crippen LogP contribution in [0.15, 0.2) is 78.9 Å². The minimum absolute atomic E-state index is 0.0926. The summed E-state index contributed by atoms with van der Waals surface area (Å²) in [4.78, 5) is 14.7. The molecule has 8 heteroatoms. The molecule has 0 saturated carbocycles. The minimum Gasteiger partial charge on any atom is -0.486 e. The van der Waals surface area contributed by atoms with Crippen LogP contribution in [0.4, 0.5) is 0 Å². The van der Waals surface area contributed by atoms with Crippen molar-refractivity contribution in [2.75, 3.05) is 13.8 Å². The van der Waals surface area contributed by atoms with Gasteiger partial charge in [0.2, 0.25) is 5.91 Å². The van der Waals surface area contributed by atoms with Gasteiger partial charge >= 0.3 is 0 Å². The summed E-state index contributed by atoms with van der Waals surface area (Å²) in [5.41, 5.74) is 3.43. The molecule has 0 unspecified atom stereocenters. The van der Waals surface area contributed by atoms with Crippen molar-refractivity contribution >= 4 is 38.9 Å². The van der Waals surface area contributed by atoms with Gasteiger partial charge in [0, 0.05) is 24.6 Å². The third-order valence-corrected chi connectivity index (χ3v) is 6.28. The fraction of sp³-hybridized carbons (Fsp3) is 0.185. The van der Waals surface area contributed by atoms with Crippen molar-refractivity contribution < 1.29 is 19.5 Å². The molecule has 0 atom stereocenters. The number of nitrogens with one attached hydrogen (secondary N) is 1. The summed E-state index contributed by atoms with van der Waals surface area (Å²) in [5.74, 6) is 1.50. The summed E-state index contributed by atoms with van der Waals surface area (Å²) in [6.45, 7) is 2.35. The highest BCUT2D eigenvalue weighted by Crippen LogP contribution is 2.35. The number of fused-ring (bicyclic) bond motifs is 1. The molecule has 2 heterocycles. The van der Waals surface area contributed by atoms with Crippen LogP contribution < -0.4 is 10.1 Å². The van der Waals surface area contributed by atoms with Crippen molar-refractivity contribution in [3.63, 3.8) is 0 Å². The first-order valence-electron chi connectivity index (χ1n) is 11.3. The molecule has 3 aromatic carbocycles. The second kappa shape index (κ2) is 11.5. The van der Waals surface area contributed by atoms with Crippen LogP contribution in [0.2, 0.25) is 0 Å². The van der Waals surface area contributed by atoms with Gasteiger partial charge in [-0.1, -0.05) is 49.4 Å². The average molecular weight is 490 g/mol. The number of hydroxylamine groups is 2. The van der Waals surface area contributed by atoms with Gasteiger partial charge < -0.3 is 14.8 Å². The fourth-order valence-corrected chi connectivity index (χ4v) is 4.36. The van der Waals surface area contributed by atoms with Crippen LogP contribution in [-0.2, 0) is 16.1 Å². The highest BCUT2D eigenvalue weighted by atomic mass is 32.1. The lowest BCUT2D eigenvalue weighted by Gasteiger charge is -2.12. The summed E-state index contributed by atoms with van der Waals surface area (Å²) in [7, 11) is 1.63. The van der Waals surface area contributed by atoms with Gasteiger partial charge in [0.25, 0.3) is 0 Å². The maximum Gasteiger partial charge on any atom is 0.219 e. The standard InChI is InChI=1S/C23H18N2O3S.C4H9NO/c26-25-15-28-23(17-6-2-1-3-7-17)22(25)16-10-12-18(13-11-16)27-14-21-24-19-8-4-5-9-20(19)29-21;1-3-4(6)5-2/h1-13,26H,14-15H2;3H2,1-2H3,(H,5,6). The number of amides is 1. The van der Waals surface area contributed by atoms with E-state index in [4.69, 9.17) is 9.47 Å². The van der Waals surface area contributed by atoms with Crippen molar-refractivity contribution in [1.29, 1.82) is 0 Å². The normalized spacial score (nSPS) is 12.7. The Morgan fingerprint density at radius 3 is 2.43 bits per heavy atom. The Bertz CT molecular complexity index is 1260. The quantitative estimate of drug-likeness (QED) is 0.371. The maximum absolute atomic E-state index is 10.3. The predicted molar refractivity (Wildman–Crippen MR) is 138 cm³/mol. The number of thiazole rings is 1. The van der Waals surface area contributed by atoms with Gasteiger partial charge in [-0.25, -0.2) is 10.0 Å². The lowest BCUT2D eigenvalue weighted by molar-refractivity contribution is -0.120. The van der Waals surface area contributed by atoms with E-state index >= 15 is 0 Å². The molecule has 1 aliphatic heterocycles. The van der Waals surface area contributed by atoms with E-state index in [1.165, 1.54) is 0 Å². The minimum atomic E-state index is 0.0926. The number of carbonyl (C=O) groups is 1. The van der Waals surface area contributed by atoms with E-state index in [-0.39, 0.29) is 12.6 Å². The average Bonchev–Trinajstić information content (AvgIpc) is 3.51. The van der Waals surface area contributed by atoms with E-state index in [1.807, 2.05) is 79.7 Å². The molecule has 0 spiro atoms. The number of carbonyl (C=O) groups excluding carboxylic acids is 1. The van der Waals surface area contributed by atoms with Crippen molar-refractivity contribution in [2.45, 2.75) is 20.0 Å². The molecular weight excluding hydrogens is 462 g/mol. The van der Waals surface area contributed by atoms with E-state index in [0.29, 0.717) is 24.5 Å².